The maximum absolute atomic E-state index is 6.84. The molecule has 0 saturated heterocycles. The minimum absolute atomic E-state index is 0.495. The molecule has 0 N–H and O–H groups in total. The molecule has 0 radical (unpaired) electrons. The molecule has 0 aliphatic carbocycles. The molecule has 28 valence electrons. The van der Waals surface area contributed by atoms with Crippen molar-refractivity contribution in [2.45, 2.75) is 0 Å². The Labute approximate surface area is 36.9 Å². The monoisotopic (exact) mass is 88.0 g/mol. The molecule has 1 aliphatic heterocycles. The van der Waals surface area contributed by atoms with Gasteiger partial charge in [-0.25, -0.2) is 0 Å². The summed E-state index contributed by atoms with van der Waals surface area (Å²) in [6.45, 7) is 0.851. The number of nitrogens with zero attached hydrogens (tertiary/aromatic N) is 1. The predicted octanol–water partition coefficient (Wildman–Crippen LogP) is 0.762. The Hall–Kier alpha value is 0.0200. The van der Waals surface area contributed by atoms with Crippen molar-refractivity contribution >= 4 is 17.3 Å². The number of aliphatic imine (C=N–C) groups is 1. The van der Waals surface area contributed by atoms with E-state index in [-0.39, 0.29) is 0 Å². The van der Waals surface area contributed by atoms with Crippen LogP contribution in [0.1, 0.15) is 1.37 Å². The van der Waals surface area contributed by atoms with Crippen LogP contribution in [0.3, 0.4) is 0 Å². The Morgan fingerprint density at radius 3 is 3.40 bits per heavy atom. The Kier molecular flexibility index (Phi) is 0.651. The summed E-state index contributed by atoms with van der Waals surface area (Å²) in [4.78, 5) is 3.78. The number of thioether (sulfide) groups is 1. The van der Waals surface area contributed by atoms with Gasteiger partial charge in [-0.15, -0.1) is 11.8 Å². The topological polar surface area (TPSA) is 12.4 Å². The van der Waals surface area contributed by atoms with Crippen LogP contribution in [0.25, 0.3) is 0 Å². The van der Waals surface area contributed by atoms with E-state index in [0.717, 1.165) is 12.3 Å². The van der Waals surface area contributed by atoms with Gasteiger partial charge in [-0.3, -0.25) is 4.99 Å². The van der Waals surface area contributed by atoms with E-state index in [1.165, 1.54) is 11.8 Å². The summed E-state index contributed by atoms with van der Waals surface area (Å²) in [6, 6.07) is 0. The smallest absolute Gasteiger partial charge is 0.0912 e. The molecule has 1 aliphatic rings. The zero-order chi connectivity index (χ0) is 4.41. The predicted molar refractivity (Wildman–Crippen MR) is 25.8 cm³/mol. The summed E-state index contributed by atoms with van der Waals surface area (Å²) in [7, 11) is 0. The molecular weight excluding hydrogens is 82.1 g/mol. The number of rotatable bonds is 0. The van der Waals surface area contributed by atoms with Crippen molar-refractivity contribution in [3.05, 3.63) is 0 Å². The standard InChI is InChI=1S/C3H5NS/c1-2-5-3-4-1/h3H,1-2H2/i3D. The van der Waals surface area contributed by atoms with Crippen molar-refractivity contribution in [1.29, 1.82) is 0 Å². The van der Waals surface area contributed by atoms with Crippen molar-refractivity contribution < 1.29 is 1.37 Å². The SMILES string of the molecule is [2H]C1=NCCS1. The van der Waals surface area contributed by atoms with Crippen LogP contribution >= 0.6 is 11.8 Å². The molecule has 2 heteroatoms. The van der Waals surface area contributed by atoms with Crippen molar-refractivity contribution in [3.63, 3.8) is 0 Å². The summed E-state index contributed by atoms with van der Waals surface area (Å²) in [5, 5.41) is 0. The first-order chi connectivity index (χ1) is 2.89. The molecule has 0 atom stereocenters. The van der Waals surface area contributed by atoms with Crippen LogP contribution in [0.15, 0.2) is 4.99 Å². The normalized spacial score (nSPS) is 25.6. The first-order valence-electron chi connectivity index (χ1n) is 2.03. The molecule has 0 spiro atoms. The highest BCUT2D eigenvalue weighted by atomic mass is 32.2. The second-order valence-electron chi connectivity index (χ2n) is 0.821. The van der Waals surface area contributed by atoms with E-state index in [1.54, 1.807) is 0 Å². The van der Waals surface area contributed by atoms with Gasteiger partial charge in [0.05, 0.1) is 6.89 Å². The van der Waals surface area contributed by atoms with Crippen LogP contribution in [0.2, 0.25) is 0 Å². The lowest BCUT2D eigenvalue weighted by atomic mass is 10.8. The van der Waals surface area contributed by atoms with Gasteiger partial charge in [0.25, 0.3) is 0 Å². The van der Waals surface area contributed by atoms with Crippen LogP contribution in [0, 0.1) is 0 Å². The average Bonchev–Trinajstić information content (AvgIpc) is 1.86. The molecule has 1 rings (SSSR count). The second kappa shape index (κ2) is 1.45. The van der Waals surface area contributed by atoms with Crippen LogP contribution in [-0.4, -0.2) is 17.8 Å². The maximum atomic E-state index is 6.84. The molecule has 1 heterocycles. The van der Waals surface area contributed by atoms with Crippen LogP contribution in [-0.2, 0) is 0 Å². The van der Waals surface area contributed by atoms with Crippen molar-refractivity contribution in [1.82, 2.24) is 0 Å². The molecule has 0 aromatic heterocycles. The van der Waals surface area contributed by atoms with Gasteiger partial charge in [-0.05, 0) is 0 Å². The first kappa shape index (κ1) is 2.24. The third-order valence-electron chi connectivity index (χ3n) is 0.434. The van der Waals surface area contributed by atoms with Crippen LogP contribution in [0.5, 0.6) is 0 Å². The fraction of sp³-hybridized carbons (Fsp3) is 0.667. The molecule has 0 saturated carbocycles. The summed E-state index contributed by atoms with van der Waals surface area (Å²) in [5.74, 6) is 1.01. The molecular formula is C3H5NS. The highest BCUT2D eigenvalue weighted by molar-refractivity contribution is 8.12. The van der Waals surface area contributed by atoms with Gasteiger partial charge in [0.1, 0.15) is 0 Å². The Balaban J connectivity index is 2.45. The highest BCUT2D eigenvalue weighted by Crippen LogP contribution is 1.99. The van der Waals surface area contributed by atoms with E-state index < -0.39 is 0 Å². The van der Waals surface area contributed by atoms with E-state index in [1.807, 2.05) is 0 Å². The van der Waals surface area contributed by atoms with Gasteiger partial charge in [-0.1, -0.05) is 0 Å². The third kappa shape index (κ3) is 0.651. The molecule has 1 nitrogen and oxygen atoms in total. The summed E-state index contributed by atoms with van der Waals surface area (Å²) in [5.41, 5.74) is 0.495. The highest BCUT2D eigenvalue weighted by Gasteiger charge is 1.86. The van der Waals surface area contributed by atoms with Crippen LogP contribution in [0.4, 0.5) is 0 Å². The molecule has 0 aromatic carbocycles. The fourth-order valence-electron chi connectivity index (χ4n) is 0.228. The summed E-state index contributed by atoms with van der Waals surface area (Å²) in [6.07, 6.45) is 0. The lowest BCUT2D eigenvalue weighted by Crippen LogP contribution is -1.69. The van der Waals surface area contributed by atoms with Gasteiger partial charge < -0.3 is 0 Å². The van der Waals surface area contributed by atoms with Crippen LogP contribution < -0.4 is 0 Å². The van der Waals surface area contributed by atoms with Gasteiger partial charge in [0.15, 0.2) is 0 Å². The second-order valence-corrected chi connectivity index (χ2v) is 1.70. The van der Waals surface area contributed by atoms with E-state index in [2.05, 4.69) is 4.99 Å². The van der Waals surface area contributed by atoms with E-state index in [4.69, 9.17) is 1.37 Å². The first-order valence-corrected chi connectivity index (χ1v) is 2.52. The van der Waals surface area contributed by atoms with E-state index in [0.29, 0.717) is 5.52 Å². The Bertz CT molecular complexity index is 80.9. The minimum atomic E-state index is 0.495. The summed E-state index contributed by atoms with van der Waals surface area (Å²) >= 11 is 1.51. The molecule has 0 bridgehead atoms. The third-order valence-corrected chi connectivity index (χ3v) is 1.08. The van der Waals surface area contributed by atoms with Crippen molar-refractivity contribution in [2.75, 3.05) is 12.3 Å². The van der Waals surface area contributed by atoms with Crippen molar-refractivity contribution in [2.24, 2.45) is 4.99 Å². The Morgan fingerprint density at radius 2 is 3.20 bits per heavy atom. The quantitative estimate of drug-likeness (QED) is 0.426. The minimum Gasteiger partial charge on any atom is -0.285 e. The fourth-order valence-corrected chi connectivity index (χ4v) is 0.685. The van der Waals surface area contributed by atoms with Gasteiger partial charge in [0, 0.05) is 12.3 Å². The number of hydrogen-bond donors (Lipinski definition) is 0. The number of hydrogen-bond acceptors (Lipinski definition) is 2. The Morgan fingerprint density at radius 1 is 2.20 bits per heavy atom. The maximum Gasteiger partial charge on any atom is 0.0912 e. The largest absolute Gasteiger partial charge is 0.285 e. The average molecular weight is 88.2 g/mol. The molecule has 0 aromatic rings. The zero-order valence-corrected chi connectivity index (χ0v) is 3.59. The van der Waals surface area contributed by atoms with Crippen molar-refractivity contribution in [3.8, 4) is 0 Å². The molecule has 0 unspecified atom stereocenters. The summed E-state index contributed by atoms with van der Waals surface area (Å²) < 4.78 is 6.84. The lowest BCUT2D eigenvalue weighted by molar-refractivity contribution is 1.18. The molecule has 5 heavy (non-hydrogen) atoms. The van der Waals surface area contributed by atoms with E-state index in [9.17, 15) is 0 Å². The zero-order valence-electron chi connectivity index (χ0n) is 3.77. The molecule has 0 fully saturated rings. The molecule has 0 amide bonds. The van der Waals surface area contributed by atoms with Gasteiger partial charge >= 0.3 is 0 Å². The lowest BCUT2D eigenvalue weighted by Gasteiger charge is -1.67. The van der Waals surface area contributed by atoms with Gasteiger partial charge in [-0.2, -0.15) is 0 Å². The van der Waals surface area contributed by atoms with E-state index >= 15 is 0 Å². The van der Waals surface area contributed by atoms with Gasteiger partial charge in [0.2, 0.25) is 0 Å².